The number of allylic oxidation sites excluding steroid dienone is 1. The Kier molecular flexibility index (Phi) is 3.41. The van der Waals surface area contributed by atoms with Crippen molar-refractivity contribution in [1.82, 2.24) is 0 Å². The molecule has 112 valence electrons. The molecular weight excluding hydrogens is 264 g/mol. The first-order valence-corrected chi connectivity index (χ1v) is 8.60. The first-order valence-electron chi connectivity index (χ1n) is 8.60. The van der Waals surface area contributed by atoms with E-state index in [2.05, 4.69) is 61.5 Å². The summed E-state index contributed by atoms with van der Waals surface area (Å²) in [4.78, 5) is 0. The fourth-order valence-electron chi connectivity index (χ4n) is 4.37. The summed E-state index contributed by atoms with van der Waals surface area (Å²) in [6, 6.07) is 17.6. The van der Waals surface area contributed by atoms with Crippen molar-refractivity contribution in [2.24, 2.45) is 5.41 Å². The monoisotopic (exact) mass is 288 g/mol. The first-order chi connectivity index (χ1) is 10.7. The molecule has 0 amide bonds. The maximum atomic E-state index is 2.49. The van der Waals surface area contributed by atoms with Gasteiger partial charge in [0.25, 0.3) is 0 Å². The van der Waals surface area contributed by atoms with E-state index in [1.807, 2.05) is 0 Å². The standard InChI is InChI=1S/C22H24/c1-22(12-5-6-13-22)16-17-14-19-10-7-11-20(21(19)15-17)18-8-3-2-4-9-18/h2-4,7-11,15H,5-6,12-14,16H2,1H3. The molecule has 0 atom stereocenters. The lowest BCUT2D eigenvalue weighted by atomic mass is 9.81. The van der Waals surface area contributed by atoms with E-state index in [1.54, 1.807) is 5.57 Å². The van der Waals surface area contributed by atoms with Crippen molar-refractivity contribution >= 4 is 6.08 Å². The van der Waals surface area contributed by atoms with Crippen LogP contribution in [0.2, 0.25) is 0 Å². The fourth-order valence-corrected chi connectivity index (χ4v) is 4.37. The van der Waals surface area contributed by atoms with E-state index in [-0.39, 0.29) is 0 Å². The Bertz CT molecular complexity index is 700. The average molecular weight is 288 g/mol. The molecule has 0 heteroatoms. The van der Waals surface area contributed by atoms with Crippen LogP contribution in [0.3, 0.4) is 0 Å². The molecule has 0 bridgehead atoms. The Morgan fingerprint density at radius 3 is 2.45 bits per heavy atom. The maximum Gasteiger partial charge on any atom is -0.00574 e. The van der Waals surface area contributed by atoms with E-state index in [4.69, 9.17) is 0 Å². The Balaban J connectivity index is 1.66. The van der Waals surface area contributed by atoms with Gasteiger partial charge in [-0.1, -0.05) is 79.9 Å². The molecule has 0 saturated heterocycles. The van der Waals surface area contributed by atoms with Crippen molar-refractivity contribution < 1.29 is 0 Å². The number of hydrogen-bond acceptors (Lipinski definition) is 0. The zero-order valence-electron chi connectivity index (χ0n) is 13.4. The molecule has 2 aliphatic rings. The molecule has 0 aliphatic heterocycles. The van der Waals surface area contributed by atoms with Crippen LogP contribution in [0.25, 0.3) is 17.2 Å². The van der Waals surface area contributed by atoms with E-state index in [0.29, 0.717) is 5.41 Å². The average Bonchev–Trinajstić information content (AvgIpc) is 3.13. The van der Waals surface area contributed by atoms with E-state index >= 15 is 0 Å². The van der Waals surface area contributed by atoms with Crippen LogP contribution in [0.15, 0.2) is 54.1 Å². The Morgan fingerprint density at radius 2 is 1.68 bits per heavy atom. The third kappa shape index (κ3) is 2.52. The molecule has 22 heavy (non-hydrogen) atoms. The summed E-state index contributed by atoms with van der Waals surface area (Å²) in [7, 11) is 0. The molecular formula is C22H24. The molecule has 4 rings (SSSR count). The second kappa shape index (κ2) is 5.43. The predicted molar refractivity (Wildman–Crippen MR) is 94.8 cm³/mol. The number of hydrogen-bond donors (Lipinski definition) is 0. The SMILES string of the molecule is CC1(CC2=Cc3c(cccc3-c3ccccc3)C2)CCCC1. The van der Waals surface area contributed by atoms with Crippen molar-refractivity contribution in [1.29, 1.82) is 0 Å². The van der Waals surface area contributed by atoms with E-state index in [0.717, 1.165) is 6.42 Å². The lowest BCUT2D eigenvalue weighted by Gasteiger charge is -2.24. The highest BCUT2D eigenvalue weighted by molar-refractivity contribution is 5.80. The minimum Gasteiger partial charge on any atom is -0.0646 e. The normalized spacial score (nSPS) is 19.0. The highest BCUT2D eigenvalue weighted by Gasteiger charge is 2.30. The largest absolute Gasteiger partial charge is 0.0646 e. The van der Waals surface area contributed by atoms with Crippen molar-refractivity contribution in [2.45, 2.75) is 45.4 Å². The van der Waals surface area contributed by atoms with Crippen LogP contribution in [0.4, 0.5) is 0 Å². The van der Waals surface area contributed by atoms with Gasteiger partial charge in [-0.3, -0.25) is 0 Å². The van der Waals surface area contributed by atoms with Gasteiger partial charge in [0.15, 0.2) is 0 Å². The van der Waals surface area contributed by atoms with Crippen molar-refractivity contribution in [2.75, 3.05) is 0 Å². The summed E-state index contributed by atoms with van der Waals surface area (Å²) in [6.07, 6.45) is 10.6. The van der Waals surface area contributed by atoms with Crippen LogP contribution in [0, 0.1) is 5.41 Å². The number of fused-ring (bicyclic) bond motifs is 1. The Morgan fingerprint density at radius 1 is 0.909 bits per heavy atom. The van der Waals surface area contributed by atoms with Crippen LogP contribution in [0.1, 0.15) is 50.2 Å². The minimum atomic E-state index is 0.556. The summed E-state index contributed by atoms with van der Waals surface area (Å²) < 4.78 is 0. The van der Waals surface area contributed by atoms with Crippen LogP contribution < -0.4 is 0 Å². The maximum absolute atomic E-state index is 2.49. The lowest BCUT2D eigenvalue weighted by Crippen LogP contribution is -2.11. The zero-order valence-corrected chi connectivity index (χ0v) is 13.4. The Hall–Kier alpha value is -1.82. The fraction of sp³-hybridized carbons (Fsp3) is 0.364. The third-order valence-electron chi connectivity index (χ3n) is 5.51. The molecule has 1 saturated carbocycles. The van der Waals surface area contributed by atoms with Gasteiger partial charge in [0.05, 0.1) is 0 Å². The summed E-state index contributed by atoms with van der Waals surface area (Å²) in [6.45, 7) is 2.49. The van der Waals surface area contributed by atoms with E-state index in [9.17, 15) is 0 Å². The van der Waals surface area contributed by atoms with Gasteiger partial charge in [-0.2, -0.15) is 0 Å². The zero-order chi connectivity index (χ0) is 15.0. The number of benzene rings is 2. The molecule has 2 aliphatic carbocycles. The smallest absolute Gasteiger partial charge is 0.00574 e. The second-order valence-electron chi connectivity index (χ2n) is 7.42. The van der Waals surface area contributed by atoms with Crippen LogP contribution >= 0.6 is 0 Å². The summed E-state index contributed by atoms with van der Waals surface area (Å²) >= 11 is 0. The Labute approximate surface area is 133 Å². The molecule has 0 spiro atoms. The molecule has 0 N–H and O–H groups in total. The molecule has 0 unspecified atom stereocenters. The van der Waals surface area contributed by atoms with Crippen LogP contribution in [-0.2, 0) is 6.42 Å². The topological polar surface area (TPSA) is 0 Å². The molecule has 2 aromatic rings. The third-order valence-corrected chi connectivity index (χ3v) is 5.51. The molecule has 0 heterocycles. The highest BCUT2D eigenvalue weighted by Crippen LogP contribution is 2.45. The molecule has 0 nitrogen and oxygen atoms in total. The van der Waals surface area contributed by atoms with Crippen molar-refractivity contribution in [3.05, 3.63) is 65.2 Å². The summed E-state index contributed by atoms with van der Waals surface area (Å²) in [5.41, 5.74) is 7.90. The quantitative estimate of drug-likeness (QED) is 0.625. The van der Waals surface area contributed by atoms with Gasteiger partial charge in [0, 0.05) is 0 Å². The van der Waals surface area contributed by atoms with Gasteiger partial charge in [0.1, 0.15) is 0 Å². The van der Waals surface area contributed by atoms with E-state index < -0.39 is 0 Å². The van der Waals surface area contributed by atoms with Gasteiger partial charge in [-0.25, -0.2) is 0 Å². The minimum absolute atomic E-state index is 0.556. The first kappa shape index (κ1) is 13.8. The summed E-state index contributed by atoms with van der Waals surface area (Å²) in [5.74, 6) is 0. The van der Waals surface area contributed by atoms with Crippen LogP contribution in [-0.4, -0.2) is 0 Å². The van der Waals surface area contributed by atoms with Gasteiger partial charge >= 0.3 is 0 Å². The molecule has 0 radical (unpaired) electrons. The lowest BCUT2D eigenvalue weighted by molar-refractivity contribution is 0.333. The molecule has 1 fully saturated rings. The van der Waals surface area contributed by atoms with Crippen molar-refractivity contribution in [3.63, 3.8) is 0 Å². The van der Waals surface area contributed by atoms with Gasteiger partial charge in [0.2, 0.25) is 0 Å². The highest BCUT2D eigenvalue weighted by atomic mass is 14.4. The second-order valence-corrected chi connectivity index (χ2v) is 7.42. The molecule has 0 aromatic heterocycles. The van der Waals surface area contributed by atoms with Crippen LogP contribution in [0.5, 0.6) is 0 Å². The van der Waals surface area contributed by atoms with E-state index in [1.165, 1.54) is 54.4 Å². The number of rotatable bonds is 3. The van der Waals surface area contributed by atoms with Gasteiger partial charge < -0.3 is 0 Å². The summed E-state index contributed by atoms with van der Waals surface area (Å²) in [5, 5.41) is 0. The predicted octanol–water partition coefficient (Wildman–Crippen LogP) is 6.26. The van der Waals surface area contributed by atoms with Crippen molar-refractivity contribution in [3.8, 4) is 11.1 Å². The molecule has 2 aromatic carbocycles. The van der Waals surface area contributed by atoms with Gasteiger partial charge in [-0.05, 0) is 53.4 Å². The van der Waals surface area contributed by atoms with Gasteiger partial charge in [-0.15, -0.1) is 0 Å².